The Labute approximate surface area is 203 Å². The van der Waals surface area contributed by atoms with Gasteiger partial charge in [-0.2, -0.15) is 13.2 Å². The van der Waals surface area contributed by atoms with Crippen molar-refractivity contribution >= 4 is 55.6 Å². The van der Waals surface area contributed by atoms with Crippen molar-refractivity contribution in [2.24, 2.45) is 0 Å². The summed E-state index contributed by atoms with van der Waals surface area (Å²) in [5, 5.41) is 7.60. The van der Waals surface area contributed by atoms with Gasteiger partial charge < -0.3 is 10.6 Å². The molecule has 2 N–H and O–H groups in total. The molecule has 2 aromatic heterocycles. The molecule has 1 aliphatic heterocycles. The van der Waals surface area contributed by atoms with E-state index in [0.717, 1.165) is 34.6 Å². The number of nitrogens with one attached hydrogen (secondary N) is 2. The Morgan fingerprint density at radius 2 is 2.12 bits per heavy atom. The SMILES string of the molecule is CC[C@H](C)NCCC(=O)Nc1sc2c(c1-c1nc3cc(C(F)(F)F)ccc3s1)CCN(Cl)C2. The standard InChI is InChI=1S/C22H24ClF3N4OS2/c1-3-12(2)27-8-6-18(31)29-21-19(14-7-9-30(23)11-17(14)33-21)20-28-15-10-13(22(24,25)26)4-5-16(15)32-20/h4-5,10,12,27H,3,6-9,11H2,1-2H3,(H,29,31)/t12-/m0/s1. The van der Waals surface area contributed by atoms with E-state index in [9.17, 15) is 18.0 Å². The average molecular weight is 517 g/mol. The molecule has 178 valence electrons. The highest BCUT2D eigenvalue weighted by atomic mass is 35.5. The first-order chi connectivity index (χ1) is 15.7. The summed E-state index contributed by atoms with van der Waals surface area (Å²) in [6.07, 6.45) is -2.44. The van der Waals surface area contributed by atoms with E-state index in [-0.39, 0.29) is 5.91 Å². The van der Waals surface area contributed by atoms with E-state index in [1.54, 1.807) is 4.42 Å². The van der Waals surface area contributed by atoms with Crippen molar-refractivity contribution in [2.75, 3.05) is 18.4 Å². The Kier molecular flexibility index (Phi) is 7.30. The second kappa shape index (κ2) is 9.87. The number of thiazole rings is 1. The second-order valence-corrected chi connectivity index (χ2v) is 10.7. The summed E-state index contributed by atoms with van der Waals surface area (Å²) in [4.78, 5) is 18.2. The first-order valence-corrected chi connectivity index (χ1v) is 12.7. The summed E-state index contributed by atoms with van der Waals surface area (Å²) in [5.41, 5.74) is 1.44. The van der Waals surface area contributed by atoms with E-state index < -0.39 is 11.7 Å². The fourth-order valence-electron chi connectivity index (χ4n) is 3.66. The smallest absolute Gasteiger partial charge is 0.317 e. The predicted molar refractivity (Wildman–Crippen MR) is 129 cm³/mol. The lowest BCUT2D eigenvalue weighted by atomic mass is 10.0. The van der Waals surface area contributed by atoms with Crippen molar-refractivity contribution in [3.05, 3.63) is 34.2 Å². The molecule has 0 aliphatic carbocycles. The van der Waals surface area contributed by atoms with Crippen molar-refractivity contribution in [3.8, 4) is 10.6 Å². The van der Waals surface area contributed by atoms with Crippen LogP contribution in [0.3, 0.4) is 0 Å². The van der Waals surface area contributed by atoms with Crippen LogP contribution in [-0.4, -0.2) is 34.4 Å². The summed E-state index contributed by atoms with van der Waals surface area (Å²) in [6.45, 7) is 5.91. The number of carbonyl (C=O) groups excluding carboxylic acids is 1. The Balaban J connectivity index is 1.66. The van der Waals surface area contributed by atoms with Gasteiger partial charge >= 0.3 is 6.18 Å². The number of carbonyl (C=O) groups is 1. The van der Waals surface area contributed by atoms with E-state index in [1.807, 2.05) is 0 Å². The predicted octanol–water partition coefficient (Wildman–Crippen LogP) is 6.27. The number of alkyl halides is 3. The normalized spacial score (nSPS) is 15.6. The van der Waals surface area contributed by atoms with Crippen LogP contribution in [0.25, 0.3) is 20.8 Å². The lowest BCUT2D eigenvalue weighted by Gasteiger charge is -2.19. The van der Waals surface area contributed by atoms with Crippen LogP contribution in [0.15, 0.2) is 18.2 Å². The number of halogens is 4. The minimum atomic E-state index is -4.42. The van der Waals surface area contributed by atoms with Crippen LogP contribution in [0.4, 0.5) is 18.2 Å². The molecule has 0 saturated carbocycles. The quantitative estimate of drug-likeness (QED) is 0.363. The van der Waals surface area contributed by atoms with Gasteiger partial charge in [0.2, 0.25) is 5.91 Å². The molecular formula is C22H24ClF3N4OS2. The van der Waals surface area contributed by atoms with Gasteiger partial charge in [0.05, 0.1) is 15.8 Å². The van der Waals surface area contributed by atoms with Crippen LogP contribution < -0.4 is 10.6 Å². The van der Waals surface area contributed by atoms with Crippen molar-refractivity contribution in [2.45, 2.75) is 51.9 Å². The number of anilines is 1. The largest absolute Gasteiger partial charge is 0.416 e. The third-order valence-electron chi connectivity index (χ3n) is 5.65. The zero-order valence-electron chi connectivity index (χ0n) is 18.2. The van der Waals surface area contributed by atoms with Crippen molar-refractivity contribution in [1.82, 2.24) is 14.7 Å². The Morgan fingerprint density at radius 3 is 2.85 bits per heavy atom. The van der Waals surface area contributed by atoms with Crippen molar-refractivity contribution < 1.29 is 18.0 Å². The van der Waals surface area contributed by atoms with Crippen LogP contribution in [-0.2, 0) is 23.9 Å². The van der Waals surface area contributed by atoms with Gasteiger partial charge in [-0.15, -0.1) is 22.7 Å². The molecule has 1 amide bonds. The number of benzene rings is 1. The molecule has 0 unspecified atom stereocenters. The Bertz CT molecular complexity index is 1160. The zero-order chi connectivity index (χ0) is 23.8. The van der Waals surface area contributed by atoms with Gasteiger partial charge in [-0.25, -0.2) is 9.40 Å². The summed E-state index contributed by atoms with van der Waals surface area (Å²) in [7, 11) is 0. The zero-order valence-corrected chi connectivity index (χ0v) is 20.6. The molecule has 0 spiro atoms. The van der Waals surface area contributed by atoms with Gasteiger partial charge in [-0.3, -0.25) is 4.79 Å². The molecule has 0 saturated heterocycles. The number of thiophene rings is 1. The number of nitrogens with zero attached hydrogens (tertiary/aromatic N) is 2. The van der Waals surface area contributed by atoms with Gasteiger partial charge in [0.1, 0.15) is 10.0 Å². The van der Waals surface area contributed by atoms with Crippen LogP contribution in [0.1, 0.15) is 42.7 Å². The van der Waals surface area contributed by atoms with E-state index >= 15 is 0 Å². The minimum absolute atomic E-state index is 0.117. The molecular weight excluding hydrogens is 493 g/mol. The number of hydrogen-bond donors (Lipinski definition) is 2. The number of aromatic nitrogens is 1. The molecule has 11 heteroatoms. The summed E-state index contributed by atoms with van der Waals surface area (Å²) in [5.74, 6) is -0.117. The van der Waals surface area contributed by atoms with E-state index in [1.165, 1.54) is 28.7 Å². The summed E-state index contributed by atoms with van der Waals surface area (Å²) < 4.78 is 41.8. The van der Waals surface area contributed by atoms with Crippen LogP contribution in [0, 0.1) is 0 Å². The highest BCUT2D eigenvalue weighted by Gasteiger charge is 2.31. The molecule has 5 nitrogen and oxygen atoms in total. The monoisotopic (exact) mass is 516 g/mol. The van der Waals surface area contributed by atoms with Crippen LogP contribution in [0.2, 0.25) is 0 Å². The topological polar surface area (TPSA) is 57.3 Å². The molecule has 1 atom stereocenters. The maximum absolute atomic E-state index is 13.1. The molecule has 0 fully saturated rings. The summed E-state index contributed by atoms with van der Waals surface area (Å²) in [6, 6.07) is 3.94. The Hall–Kier alpha value is -1.72. The third kappa shape index (κ3) is 5.51. The average Bonchev–Trinajstić information content (AvgIpc) is 3.32. The van der Waals surface area contributed by atoms with Gasteiger partial charge in [-0.05, 0) is 55.3 Å². The lowest BCUT2D eigenvalue weighted by molar-refractivity contribution is -0.137. The van der Waals surface area contributed by atoms with Gasteiger partial charge in [-0.1, -0.05) is 6.92 Å². The summed E-state index contributed by atoms with van der Waals surface area (Å²) >= 11 is 9.01. The highest BCUT2D eigenvalue weighted by Crippen LogP contribution is 2.46. The maximum Gasteiger partial charge on any atom is 0.416 e. The maximum atomic E-state index is 13.1. The number of rotatable bonds is 7. The minimum Gasteiger partial charge on any atom is -0.317 e. The number of fused-ring (bicyclic) bond motifs is 2. The molecule has 1 aliphatic rings. The lowest BCUT2D eigenvalue weighted by Crippen LogP contribution is -2.28. The highest BCUT2D eigenvalue weighted by molar-refractivity contribution is 7.23. The fraction of sp³-hybridized carbons (Fsp3) is 0.455. The van der Waals surface area contributed by atoms with Crippen molar-refractivity contribution in [3.63, 3.8) is 0 Å². The van der Waals surface area contributed by atoms with E-state index in [4.69, 9.17) is 11.8 Å². The Morgan fingerprint density at radius 1 is 1.33 bits per heavy atom. The first kappa shape index (κ1) is 24.4. The fourth-order valence-corrected chi connectivity index (χ4v) is 6.31. The molecule has 3 aromatic rings. The molecule has 0 radical (unpaired) electrons. The first-order valence-electron chi connectivity index (χ1n) is 10.7. The molecule has 33 heavy (non-hydrogen) atoms. The van der Waals surface area contributed by atoms with Gasteiger partial charge in [0.15, 0.2) is 0 Å². The van der Waals surface area contributed by atoms with Crippen LogP contribution in [0.5, 0.6) is 0 Å². The molecule has 3 heterocycles. The van der Waals surface area contributed by atoms with E-state index in [2.05, 4.69) is 29.5 Å². The molecule has 4 rings (SSSR count). The van der Waals surface area contributed by atoms with Crippen molar-refractivity contribution in [1.29, 1.82) is 0 Å². The number of hydrogen-bond acceptors (Lipinski definition) is 6. The van der Waals surface area contributed by atoms with E-state index in [0.29, 0.717) is 58.7 Å². The van der Waals surface area contributed by atoms with Gasteiger partial charge in [0.25, 0.3) is 0 Å². The second-order valence-electron chi connectivity index (χ2n) is 8.06. The van der Waals surface area contributed by atoms with Crippen LogP contribution >= 0.6 is 34.5 Å². The number of amides is 1. The third-order valence-corrected chi connectivity index (χ3v) is 8.12. The van der Waals surface area contributed by atoms with Gasteiger partial charge in [0, 0.05) is 42.5 Å². The molecule has 1 aromatic carbocycles. The molecule has 0 bridgehead atoms.